The number of nitrogens with zero attached hydrogens (tertiary/aromatic N) is 1. The predicted molar refractivity (Wildman–Crippen MR) is 67.4 cm³/mol. The van der Waals surface area contributed by atoms with Gasteiger partial charge in [0.2, 0.25) is 0 Å². The van der Waals surface area contributed by atoms with E-state index in [4.69, 9.17) is 5.26 Å². The summed E-state index contributed by atoms with van der Waals surface area (Å²) in [5.74, 6) is 1.34. The van der Waals surface area contributed by atoms with Crippen LogP contribution in [0.4, 0.5) is 0 Å². The Labute approximate surface area is 99.8 Å². The fourth-order valence-corrected chi connectivity index (χ4v) is 2.75. The normalized spacial score (nSPS) is 12.0. The van der Waals surface area contributed by atoms with Crippen LogP contribution in [0.15, 0.2) is 24.3 Å². The minimum absolute atomic E-state index is 0.571. The maximum Gasteiger partial charge on any atom is 0.0621 e. The molecule has 16 heavy (non-hydrogen) atoms. The van der Waals surface area contributed by atoms with Crippen LogP contribution < -0.4 is 0 Å². The lowest BCUT2D eigenvalue weighted by Gasteiger charge is -2.02. The summed E-state index contributed by atoms with van der Waals surface area (Å²) in [6.45, 7) is 2.04. The van der Waals surface area contributed by atoms with Gasteiger partial charge in [-0.2, -0.15) is 5.26 Å². The molecule has 1 atom stereocenters. The van der Waals surface area contributed by atoms with E-state index in [1.165, 1.54) is 5.56 Å². The summed E-state index contributed by atoms with van der Waals surface area (Å²) in [6.07, 6.45) is 2.31. The van der Waals surface area contributed by atoms with E-state index >= 15 is 0 Å². The molecule has 0 spiro atoms. The van der Waals surface area contributed by atoms with Crippen molar-refractivity contribution in [3.8, 4) is 6.07 Å². The second-order valence-corrected chi connectivity index (χ2v) is 5.47. The summed E-state index contributed by atoms with van der Waals surface area (Å²) >= 11 is 0. The second-order valence-electron chi connectivity index (χ2n) is 3.89. The lowest BCUT2D eigenvalue weighted by Crippen LogP contribution is -2.01. The fraction of sp³-hybridized carbons (Fsp3) is 0.462. The monoisotopic (exact) mass is 235 g/mol. The minimum Gasteiger partial charge on any atom is -0.259 e. The molecule has 0 saturated heterocycles. The zero-order valence-electron chi connectivity index (χ0n) is 9.61. The summed E-state index contributed by atoms with van der Waals surface area (Å²) in [4.78, 5) is 0. The molecule has 0 heterocycles. The van der Waals surface area contributed by atoms with Crippen molar-refractivity contribution in [2.24, 2.45) is 0 Å². The third-order valence-electron chi connectivity index (χ3n) is 2.32. The molecule has 0 amide bonds. The lowest BCUT2D eigenvalue weighted by atomic mass is 10.2. The zero-order valence-corrected chi connectivity index (χ0v) is 10.4. The van der Waals surface area contributed by atoms with Crippen LogP contribution in [-0.4, -0.2) is 9.96 Å². The Balaban J connectivity index is 2.32. The standard InChI is InChI=1S/C13H17NOS/c1-12-6-5-7-13(10-12)11-16(15)9-4-2-3-8-14/h5-7,10H,2-4,9,11H2,1H3. The summed E-state index contributed by atoms with van der Waals surface area (Å²) in [6, 6.07) is 10.2. The Morgan fingerprint density at radius 3 is 2.88 bits per heavy atom. The second kappa shape index (κ2) is 7.19. The SMILES string of the molecule is Cc1cccc(CS(=O)CCCCC#N)c1. The Morgan fingerprint density at radius 2 is 2.19 bits per heavy atom. The van der Waals surface area contributed by atoms with E-state index in [0.717, 1.165) is 18.4 Å². The Hall–Kier alpha value is -1.14. The summed E-state index contributed by atoms with van der Waals surface area (Å²) in [5, 5.41) is 8.37. The van der Waals surface area contributed by atoms with Gasteiger partial charge in [-0.05, 0) is 25.3 Å². The van der Waals surface area contributed by atoms with Gasteiger partial charge in [-0.3, -0.25) is 4.21 Å². The molecule has 1 aromatic rings. The molecule has 2 nitrogen and oxygen atoms in total. The van der Waals surface area contributed by atoms with Crippen LogP contribution in [0.5, 0.6) is 0 Å². The summed E-state index contributed by atoms with van der Waals surface area (Å²) in [5.41, 5.74) is 2.34. The third-order valence-corrected chi connectivity index (χ3v) is 3.72. The Bertz CT molecular complexity index is 395. The van der Waals surface area contributed by atoms with Crippen LogP contribution in [-0.2, 0) is 16.6 Å². The van der Waals surface area contributed by atoms with E-state index in [1.807, 2.05) is 25.1 Å². The molecule has 0 fully saturated rings. The number of hydrogen-bond acceptors (Lipinski definition) is 2. The van der Waals surface area contributed by atoms with Gasteiger partial charge in [0.25, 0.3) is 0 Å². The molecule has 0 aliphatic rings. The van der Waals surface area contributed by atoms with Crippen molar-refractivity contribution >= 4 is 10.8 Å². The highest BCUT2D eigenvalue weighted by molar-refractivity contribution is 7.84. The van der Waals surface area contributed by atoms with Crippen LogP contribution in [0.3, 0.4) is 0 Å². The number of hydrogen-bond donors (Lipinski definition) is 0. The highest BCUT2D eigenvalue weighted by Crippen LogP contribution is 2.08. The molecular weight excluding hydrogens is 218 g/mol. The first-order valence-corrected chi connectivity index (χ1v) is 6.98. The first-order valence-electron chi connectivity index (χ1n) is 5.50. The maximum atomic E-state index is 11.7. The van der Waals surface area contributed by atoms with Gasteiger partial charge in [0.1, 0.15) is 0 Å². The number of nitriles is 1. The average molecular weight is 235 g/mol. The van der Waals surface area contributed by atoms with Crippen molar-refractivity contribution in [3.05, 3.63) is 35.4 Å². The van der Waals surface area contributed by atoms with E-state index in [1.54, 1.807) is 0 Å². The van der Waals surface area contributed by atoms with Gasteiger partial charge in [-0.15, -0.1) is 0 Å². The van der Waals surface area contributed by atoms with E-state index in [0.29, 0.717) is 17.9 Å². The van der Waals surface area contributed by atoms with Crippen molar-refractivity contribution in [2.75, 3.05) is 5.75 Å². The summed E-state index contributed by atoms with van der Waals surface area (Å²) in [7, 11) is -0.792. The molecule has 3 heteroatoms. The lowest BCUT2D eigenvalue weighted by molar-refractivity contribution is 0.677. The molecule has 0 aliphatic carbocycles. The first-order chi connectivity index (χ1) is 7.72. The van der Waals surface area contributed by atoms with Crippen molar-refractivity contribution in [3.63, 3.8) is 0 Å². The molecule has 1 aromatic carbocycles. The molecule has 0 saturated carbocycles. The highest BCUT2D eigenvalue weighted by Gasteiger charge is 2.01. The third kappa shape index (κ3) is 5.09. The number of aryl methyl sites for hydroxylation is 1. The van der Waals surface area contributed by atoms with Gasteiger partial charge in [0, 0.05) is 28.7 Å². The molecular formula is C13H17NOS. The Morgan fingerprint density at radius 1 is 1.38 bits per heavy atom. The topological polar surface area (TPSA) is 40.9 Å². The molecule has 0 N–H and O–H groups in total. The zero-order chi connectivity index (χ0) is 11.8. The van der Waals surface area contributed by atoms with Gasteiger partial charge in [-0.1, -0.05) is 29.8 Å². The van der Waals surface area contributed by atoms with Crippen LogP contribution in [0, 0.1) is 18.3 Å². The van der Waals surface area contributed by atoms with E-state index in [9.17, 15) is 4.21 Å². The van der Waals surface area contributed by atoms with Crippen LogP contribution in [0.1, 0.15) is 30.4 Å². The van der Waals surface area contributed by atoms with Gasteiger partial charge >= 0.3 is 0 Å². The molecule has 1 unspecified atom stereocenters. The minimum atomic E-state index is -0.792. The van der Waals surface area contributed by atoms with Gasteiger partial charge in [0.05, 0.1) is 6.07 Å². The fourth-order valence-electron chi connectivity index (χ4n) is 1.53. The van der Waals surface area contributed by atoms with Gasteiger partial charge in [-0.25, -0.2) is 0 Å². The smallest absolute Gasteiger partial charge is 0.0621 e. The molecule has 86 valence electrons. The van der Waals surface area contributed by atoms with Crippen molar-refractivity contribution < 1.29 is 4.21 Å². The molecule has 0 bridgehead atoms. The van der Waals surface area contributed by atoms with E-state index < -0.39 is 10.8 Å². The van der Waals surface area contributed by atoms with Crippen molar-refractivity contribution in [1.29, 1.82) is 5.26 Å². The van der Waals surface area contributed by atoms with Gasteiger partial charge < -0.3 is 0 Å². The number of rotatable bonds is 6. The van der Waals surface area contributed by atoms with Crippen LogP contribution >= 0.6 is 0 Å². The van der Waals surface area contributed by atoms with Crippen LogP contribution in [0.25, 0.3) is 0 Å². The number of benzene rings is 1. The van der Waals surface area contributed by atoms with Gasteiger partial charge in [0.15, 0.2) is 0 Å². The highest BCUT2D eigenvalue weighted by atomic mass is 32.2. The quantitative estimate of drug-likeness (QED) is 0.711. The Kier molecular flexibility index (Phi) is 5.81. The van der Waals surface area contributed by atoms with E-state index in [2.05, 4.69) is 12.1 Å². The molecule has 0 radical (unpaired) electrons. The number of unbranched alkanes of at least 4 members (excludes halogenated alkanes) is 2. The predicted octanol–water partition coefficient (Wildman–Crippen LogP) is 2.94. The molecule has 0 aromatic heterocycles. The largest absolute Gasteiger partial charge is 0.259 e. The van der Waals surface area contributed by atoms with E-state index in [-0.39, 0.29) is 0 Å². The van der Waals surface area contributed by atoms with Crippen molar-refractivity contribution in [2.45, 2.75) is 31.9 Å². The van der Waals surface area contributed by atoms with Crippen molar-refractivity contribution in [1.82, 2.24) is 0 Å². The van der Waals surface area contributed by atoms with Crippen LogP contribution in [0.2, 0.25) is 0 Å². The molecule has 1 rings (SSSR count). The summed E-state index contributed by atoms with van der Waals surface area (Å²) < 4.78 is 11.7. The maximum absolute atomic E-state index is 11.7. The first kappa shape index (κ1) is 12.9. The average Bonchev–Trinajstić information content (AvgIpc) is 2.24. The molecule has 0 aliphatic heterocycles.